The average Bonchev–Trinajstić information content (AvgIpc) is 2.96. The van der Waals surface area contributed by atoms with Gasteiger partial charge in [0.2, 0.25) is 21.8 Å². The molecule has 0 aliphatic heterocycles. The van der Waals surface area contributed by atoms with Gasteiger partial charge in [-0.25, -0.2) is 8.42 Å². The lowest BCUT2D eigenvalue weighted by Crippen LogP contribution is -2.53. The van der Waals surface area contributed by atoms with Crippen LogP contribution in [0.5, 0.6) is 11.5 Å². The quantitative estimate of drug-likeness (QED) is 0.296. The Kier molecular flexibility index (Phi) is 11.4. The van der Waals surface area contributed by atoms with Crippen molar-refractivity contribution in [1.82, 2.24) is 10.2 Å². The molecule has 0 spiro atoms. The minimum absolute atomic E-state index is 0.0355. The Morgan fingerprint density at radius 1 is 0.951 bits per heavy atom. The number of sulfonamides is 1. The molecule has 0 saturated heterocycles. The molecule has 1 unspecified atom stereocenters. The van der Waals surface area contributed by atoms with Crippen LogP contribution < -0.4 is 19.1 Å². The minimum Gasteiger partial charge on any atom is -0.497 e. The predicted octanol–water partition coefficient (Wildman–Crippen LogP) is 4.29. The summed E-state index contributed by atoms with van der Waals surface area (Å²) in [6.07, 6.45) is 1.96. The van der Waals surface area contributed by atoms with Gasteiger partial charge in [-0.2, -0.15) is 0 Å². The summed E-state index contributed by atoms with van der Waals surface area (Å²) in [5.41, 5.74) is 1.71. The second-order valence-corrected chi connectivity index (χ2v) is 11.8. The van der Waals surface area contributed by atoms with E-state index in [1.807, 2.05) is 37.3 Å². The Morgan fingerprint density at radius 3 is 2.27 bits per heavy atom. The number of carbonyl (C=O) groups is 2. The van der Waals surface area contributed by atoms with E-state index < -0.39 is 28.5 Å². The Hall–Kier alpha value is -3.76. The largest absolute Gasteiger partial charge is 0.497 e. The van der Waals surface area contributed by atoms with Gasteiger partial charge in [0.1, 0.15) is 24.1 Å². The molecule has 0 saturated carbocycles. The van der Waals surface area contributed by atoms with Crippen LogP contribution in [0.3, 0.4) is 0 Å². The second kappa shape index (κ2) is 14.7. The van der Waals surface area contributed by atoms with Gasteiger partial charge in [0.15, 0.2) is 0 Å². The third kappa shape index (κ3) is 8.86. The third-order valence-corrected chi connectivity index (χ3v) is 7.76. The van der Waals surface area contributed by atoms with Crippen LogP contribution in [-0.4, -0.2) is 64.7 Å². The topological polar surface area (TPSA) is 105 Å². The van der Waals surface area contributed by atoms with Crippen molar-refractivity contribution in [2.24, 2.45) is 0 Å². The van der Waals surface area contributed by atoms with Gasteiger partial charge < -0.3 is 19.7 Å². The maximum absolute atomic E-state index is 14.1. The average molecular weight is 602 g/mol. The summed E-state index contributed by atoms with van der Waals surface area (Å²) in [6, 6.07) is 20.1. The Bertz CT molecular complexity index is 1440. The number of halogens is 1. The van der Waals surface area contributed by atoms with E-state index in [0.29, 0.717) is 29.3 Å². The van der Waals surface area contributed by atoms with Gasteiger partial charge in [0.25, 0.3) is 0 Å². The van der Waals surface area contributed by atoms with Crippen LogP contribution in [0.15, 0.2) is 72.8 Å². The highest BCUT2D eigenvalue weighted by Gasteiger charge is 2.33. The van der Waals surface area contributed by atoms with Crippen LogP contribution in [0.2, 0.25) is 5.02 Å². The molecular formula is C30H36ClN3O6S. The Morgan fingerprint density at radius 2 is 1.66 bits per heavy atom. The van der Waals surface area contributed by atoms with Gasteiger partial charge in [0.05, 0.1) is 26.2 Å². The van der Waals surface area contributed by atoms with Crippen molar-refractivity contribution < 1.29 is 27.5 Å². The number of rotatable bonds is 14. The lowest BCUT2D eigenvalue weighted by Gasteiger charge is -2.33. The number of nitrogens with zero attached hydrogens (tertiary/aromatic N) is 2. The molecule has 1 N–H and O–H groups in total. The second-order valence-electron chi connectivity index (χ2n) is 9.46. The highest BCUT2D eigenvalue weighted by Crippen LogP contribution is 2.34. The summed E-state index contributed by atoms with van der Waals surface area (Å²) in [7, 11) is -1.07. The molecule has 3 rings (SSSR count). The number of ether oxygens (including phenoxy) is 2. The van der Waals surface area contributed by atoms with Gasteiger partial charge in [0, 0.05) is 30.6 Å². The molecule has 41 heavy (non-hydrogen) atoms. The standard InChI is InChI=1S/C30H36ClN3O6S/c1-5-16-32-30(36)27(18-22-10-7-6-8-11-22)33(20-23-12-9-13-24(31)17-23)29(35)21-34(41(4,37)38)26-15-14-25(39-2)19-28(26)40-3/h6-15,17,19,27H,5,16,18,20-21H2,1-4H3,(H,32,36). The van der Waals surface area contributed by atoms with Gasteiger partial charge in [-0.05, 0) is 41.8 Å². The van der Waals surface area contributed by atoms with E-state index in [0.717, 1.165) is 16.1 Å². The van der Waals surface area contributed by atoms with Crippen LogP contribution in [0.1, 0.15) is 24.5 Å². The highest BCUT2D eigenvalue weighted by atomic mass is 35.5. The van der Waals surface area contributed by atoms with Gasteiger partial charge in [-0.1, -0.05) is 61.0 Å². The van der Waals surface area contributed by atoms with Crippen molar-refractivity contribution >= 4 is 39.1 Å². The molecule has 1 atom stereocenters. The zero-order valence-electron chi connectivity index (χ0n) is 23.7. The maximum atomic E-state index is 14.1. The third-order valence-electron chi connectivity index (χ3n) is 6.40. The number of nitrogens with one attached hydrogen (secondary N) is 1. The van der Waals surface area contributed by atoms with Crippen LogP contribution in [0.25, 0.3) is 0 Å². The molecule has 3 aromatic carbocycles. The monoisotopic (exact) mass is 601 g/mol. The zero-order chi connectivity index (χ0) is 30.0. The van der Waals surface area contributed by atoms with Crippen LogP contribution >= 0.6 is 11.6 Å². The number of hydrogen-bond donors (Lipinski definition) is 1. The molecule has 3 aromatic rings. The van der Waals surface area contributed by atoms with Gasteiger partial charge in [-0.15, -0.1) is 0 Å². The summed E-state index contributed by atoms with van der Waals surface area (Å²) in [5.74, 6) is -0.228. The molecule has 11 heteroatoms. The summed E-state index contributed by atoms with van der Waals surface area (Å²) in [4.78, 5) is 29.1. The van der Waals surface area contributed by atoms with E-state index in [-0.39, 0.29) is 30.3 Å². The van der Waals surface area contributed by atoms with Crippen molar-refractivity contribution in [3.63, 3.8) is 0 Å². The van der Waals surface area contributed by atoms with E-state index in [2.05, 4.69) is 5.32 Å². The molecule has 9 nitrogen and oxygen atoms in total. The van der Waals surface area contributed by atoms with Crippen molar-refractivity contribution in [2.45, 2.75) is 32.4 Å². The van der Waals surface area contributed by atoms with Gasteiger partial charge in [-0.3, -0.25) is 13.9 Å². The number of methoxy groups -OCH3 is 2. The lowest BCUT2D eigenvalue weighted by molar-refractivity contribution is -0.140. The fraction of sp³-hybridized carbons (Fsp3) is 0.333. The fourth-order valence-corrected chi connectivity index (χ4v) is 5.40. The first-order valence-electron chi connectivity index (χ1n) is 13.1. The zero-order valence-corrected chi connectivity index (χ0v) is 25.2. The summed E-state index contributed by atoms with van der Waals surface area (Å²) in [6.45, 7) is 1.84. The first-order chi connectivity index (χ1) is 19.6. The van der Waals surface area contributed by atoms with E-state index in [9.17, 15) is 18.0 Å². The molecular weight excluding hydrogens is 566 g/mol. The highest BCUT2D eigenvalue weighted by molar-refractivity contribution is 7.92. The first-order valence-corrected chi connectivity index (χ1v) is 15.3. The van der Waals surface area contributed by atoms with E-state index >= 15 is 0 Å². The van der Waals surface area contributed by atoms with E-state index in [1.165, 1.54) is 31.3 Å². The molecule has 220 valence electrons. The molecule has 0 bridgehead atoms. The minimum atomic E-state index is -3.95. The van der Waals surface area contributed by atoms with Crippen LogP contribution in [0, 0.1) is 0 Å². The maximum Gasteiger partial charge on any atom is 0.244 e. The summed E-state index contributed by atoms with van der Waals surface area (Å²) in [5, 5.41) is 3.38. The van der Waals surface area contributed by atoms with Crippen LogP contribution in [-0.2, 0) is 32.6 Å². The Labute approximate surface area is 247 Å². The molecule has 0 heterocycles. The van der Waals surface area contributed by atoms with Crippen molar-refractivity contribution in [3.05, 3.63) is 88.9 Å². The normalized spacial score (nSPS) is 11.8. The molecule has 0 radical (unpaired) electrons. The number of anilines is 1. The fourth-order valence-electron chi connectivity index (χ4n) is 4.34. The molecule has 0 aliphatic rings. The van der Waals surface area contributed by atoms with Gasteiger partial charge >= 0.3 is 0 Å². The molecule has 0 fully saturated rings. The molecule has 0 aromatic heterocycles. The predicted molar refractivity (Wildman–Crippen MR) is 161 cm³/mol. The first kappa shape index (κ1) is 31.8. The number of carbonyl (C=O) groups excluding carboxylic acids is 2. The number of hydrogen-bond acceptors (Lipinski definition) is 6. The van der Waals surface area contributed by atoms with Crippen molar-refractivity contribution in [1.29, 1.82) is 0 Å². The van der Waals surface area contributed by atoms with Crippen LogP contribution in [0.4, 0.5) is 5.69 Å². The lowest BCUT2D eigenvalue weighted by atomic mass is 10.0. The number of benzene rings is 3. The SMILES string of the molecule is CCCNC(=O)C(Cc1ccccc1)N(Cc1cccc(Cl)c1)C(=O)CN(c1ccc(OC)cc1OC)S(C)(=O)=O. The van der Waals surface area contributed by atoms with Crippen molar-refractivity contribution in [3.8, 4) is 11.5 Å². The van der Waals surface area contributed by atoms with E-state index in [1.54, 1.807) is 30.3 Å². The van der Waals surface area contributed by atoms with E-state index in [4.69, 9.17) is 21.1 Å². The smallest absolute Gasteiger partial charge is 0.244 e. The van der Waals surface area contributed by atoms with Crippen molar-refractivity contribution in [2.75, 3.05) is 37.9 Å². The summed E-state index contributed by atoms with van der Waals surface area (Å²) < 4.78 is 37.7. The Balaban J connectivity index is 2.08. The molecule has 2 amide bonds. The number of amides is 2. The molecule has 0 aliphatic carbocycles. The summed E-state index contributed by atoms with van der Waals surface area (Å²) >= 11 is 6.24.